The van der Waals surface area contributed by atoms with Crippen molar-refractivity contribution in [2.45, 2.75) is 25.7 Å². The third kappa shape index (κ3) is 5.57. The summed E-state index contributed by atoms with van der Waals surface area (Å²) in [5.41, 5.74) is 0.725. The van der Waals surface area contributed by atoms with E-state index in [9.17, 15) is 14.4 Å². The van der Waals surface area contributed by atoms with E-state index in [1.165, 1.54) is 0 Å². The van der Waals surface area contributed by atoms with Gasteiger partial charge in [-0.2, -0.15) is 0 Å². The number of carboxylic acid groups (broad SMARTS) is 1. The van der Waals surface area contributed by atoms with Crippen molar-refractivity contribution in [3.8, 4) is 0 Å². The van der Waals surface area contributed by atoms with E-state index in [1.807, 2.05) is 30.3 Å². The number of hydrogen-bond acceptors (Lipinski definition) is 3. The van der Waals surface area contributed by atoms with Crippen molar-refractivity contribution in [3.63, 3.8) is 0 Å². The summed E-state index contributed by atoms with van der Waals surface area (Å²) in [5, 5.41) is 14.2. The summed E-state index contributed by atoms with van der Waals surface area (Å²) in [4.78, 5) is 36.5. The number of aliphatic carboxylic acids is 1. The molecule has 0 saturated carbocycles. The van der Waals surface area contributed by atoms with Crippen LogP contribution in [0.5, 0.6) is 0 Å². The molecule has 1 atom stereocenters. The van der Waals surface area contributed by atoms with Crippen LogP contribution in [-0.4, -0.2) is 47.5 Å². The molecule has 3 N–H and O–H groups in total. The molecule has 1 aliphatic heterocycles. The zero-order chi connectivity index (χ0) is 17.4. The molecule has 0 radical (unpaired) electrons. The minimum atomic E-state index is -0.870. The molecule has 24 heavy (non-hydrogen) atoms. The Labute approximate surface area is 141 Å². The number of anilines is 1. The zero-order valence-electron chi connectivity index (χ0n) is 13.5. The molecule has 1 heterocycles. The van der Waals surface area contributed by atoms with Gasteiger partial charge >= 0.3 is 12.0 Å². The molecule has 1 aliphatic rings. The van der Waals surface area contributed by atoms with Gasteiger partial charge in [-0.15, -0.1) is 0 Å². The van der Waals surface area contributed by atoms with Crippen LogP contribution in [0.25, 0.3) is 0 Å². The quantitative estimate of drug-likeness (QED) is 0.693. The largest absolute Gasteiger partial charge is 0.481 e. The summed E-state index contributed by atoms with van der Waals surface area (Å²) in [6.45, 7) is 1.35. The third-order valence-electron chi connectivity index (χ3n) is 3.97. The fourth-order valence-corrected chi connectivity index (χ4v) is 2.70. The van der Waals surface area contributed by atoms with Crippen LogP contribution >= 0.6 is 0 Å². The highest BCUT2D eigenvalue weighted by molar-refractivity contribution is 5.90. The molecule has 0 bridgehead atoms. The van der Waals surface area contributed by atoms with Crippen molar-refractivity contribution in [3.05, 3.63) is 30.3 Å². The molecule has 0 aromatic heterocycles. The SMILES string of the molecule is O=C(O)CCCNC(=O)C1CCCN(C(=O)Nc2ccccc2)C1. The number of benzene rings is 1. The van der Waals surface area contributed by atoms with Gasteiger partial charge in [0, 0.05) is 31.7 Å². The fourth-order valence-electron chi connectivity index (χ4n) is 2.70. The molecule has 1 fully saturated rings. The molecule has 1 saturated heterocycles. The van der Waals surface area contributed by atoms with Crippen LogP contribution in [0.15, 0.2) is 30.3 Å². The number of nitrogens with one attached hydrogen (secondary N) is 2. The minimum Gasteiger partial charge on any atom is -0.481 e. The number of hydrogen-bond donors (Lipinski definition) is 3. The standard InChI is InChI=1S/C17H23N3O4/c21-15(22)9-4-10-18-16(23)13-6-5-11-20(12-13)17(24)19-14-7-2-1-3-8-14/h1-3,7-8,13H,4-6,9-12H2,(H,18,23)(H,19,24)(H,21,22). The zero-order valence-corrected chi connectivity index (χ0v) is 13.5. The van der Waals surface area contributed by atoms with Crippen molar-refractivity contribution in [2.24, 2.45) is 5.92 Å². The molecule has 1 aromatic carbocycles. The highest BCUT2D eigenvalue weighted by Crippen LogP contribution is 2.18. The van der Waals surface area contributed by atoms with E-state index in [4.69, 9.17) is 5.11 Å². The van der Waals surface area contributed by atoms with Crippen LogP contribution in [0.2, 0.25) is 0 Å². The number of carbonyl (C=O) groups excluding carboxylic acids is 2. The number of nitrogens with zero attached hydrogens (tertiary/aromatic N) is 1. The molecule has 0 spiro atoms. The third-order valence-corrected chi connectivity index (χ3v) is 3.97. The average molecular weight is 333 g/mol. The van der Waals surface area contributed by atoms with Crippen LogP contribution in [0.1, 0.15) is 25.7 Å². The molecule has 1 unspecified atom stereocenters. The van der Waals surface area contributed by atoms with Gasteiger partial charge in [-0.05, 0) is 31.4 Å². The van der Waals surface area contributed by atoms with Crippen LogP contribution in [0.3, 0.4) is 0 Å². The van der Waals surface area contributed by atoms with Crippen molar-refractivity contribution >= 4 is 23.6 Å². The number of piperidine rings is 1. The number of para-hydroxylation sites is 1. The summed E-state index contributed by atoms with van der Waals surface area (Å²) < 4.78 is 0. The molecule has 7 heteroatoms. The van der Waals surface area contributed by atoms with Gasteiger partial charge in [-0.1, -0.05) is 18.2 Å². The minimum absolute atomic E-state index is 0.0382. The second kappa shape index (κ2) is 8.90. The Morgan fingerprint density at radius 3 is 2.67 bits per heavy atom. The highest BCUT2D eigenvalue weighted by Gasteiger charge is 2.28. The van der Waals surface area contributed by atoms with Gasteiger partial charge in [-0.25, -0.2) is 4.79 Å². The van der Waals surface area contributed by atoms with Gasteiger partial charge in [0.1, 0.15) is 0 Å². The van der Waals surface area contributed by atoms with E-state index in [0.717, 1.165) is 18.5 Å². The first-order valence-corrected chi connectivity index (χ1v) is 8.17. The average Bonchev–Trinajstić information content (AvgIpc) is 2.59. The Morgan fingerprint density at radius 2 is 1.96 bits per heavy atom. The van der Waals surface area contributed by atoms with E-state index < -0.39 is 5.97 Å². The maximum absolute atomic E-state index is 12.3. The topological polar surface area (TPSA) is 98.7 Å². The number of carboxylic acids is 1. The predicted molar refractivity (Wildman–Crippen MR) is 89.6 cm³/mol. The number of urea groups is 1. The van der Waals surface area contributed by atoms with E-state index in [2.05, 4.69) is 10.6 Å². The monoisotopic (exact) mass is 333 g/mol. The number of carbonyl (C=O) groups is 3. The molecular formula is C17H23N3O4. The highest BCUT2D eigenvalue weighted by atomic mass is 16.4. The summed E-state index contributed by atoms with van der Waals surface area (Å²) in [6, 6.07) is 8.99. The predicted octanol–water partition coefficient (Wildman–Crippen LogP) is 1.91. The summed E-state index contributed by atoms with van der Waals surface area (Å²) in [5.74, 6) is -1.23. The smallest absolute Gasteiger partial charge is 0.321 e. The molecular weight excluding hydrogens is 310 g/mol. The van der Waals surface area contributed by atoms with E-state index >= 15 is 0 Å². The van der Waals surface area contributed by atoms with E-state index in [-0.39, 0.29) is 24.3 Å². The van der Waals surface area contributed by atoms with Gasteiger partial charge < -0.3 is 20.6 Å². The normalized spacial score (nSPS) is 17.2. The number of amides is 3. The lowest BCUT2D eigenvalue weighted by atomic mass is 9.97. The summed E-state index contributed by atoms with van der Waals surface area (Å²) >= 11 is 0. The lowest BCUT2D eigenvalue weighted by molar-refractivity contribution is -0.137. The molecule has 1 aromatic rings. The van der Waals surface area contributed by atoms with Crippen LogP contribution in [-0.2, 0) is 9.59 Å². The molecule has 7 nitrogen and oxygen atoms in total. The van der Waals surface area contributed by atoms with Crippen LogP contribution in [0.4, 0.5) is 10.5 Å². The van der Waals surface area contributed by atoms with Crippen LogP contribution in [0, 0.1) is 5.92 Å². The van der Waals surface area contributed by atoms with Gasteiger partial charge in [0.2, 0.25) is 5.91 Å². The first kappa shape index (κ1) is 17.8. The Morgan fingerprint density at radius 1 is 1.21 bits per heavy atom. The molecule has 0 aliphatic carbocycles. The molecule has 2 rings (SSSR count). The van der Waals surface area contributed by atoms with Crippen molar-refractivity contribution in [1.29, 1.82) is 0 Å². The number of rotatable bonds is 6. The first-order chi connectivity index (χ1) is 11.6. The lowest BCUT2D eigenvalue weighted by Crippen LogP contribution is -2.47. The fraction of sp³-hybridized carbons (Fsp3) is 0.471. The first-order valence-electron chi connectivity index (χ1n) is 8.17. The summed E-state index contributed by atoms with van der Waals surface area (Å²) in [6.07, 6.45) is 1.96. The van der Waals surface area contributed by atoms with Crippen molar-refractivity contribution in [1.82, 2.24) is 10.2 Å². The number of likely N-dealkylation sites (tertiary alicyclic amines) is 1. The Hall–Kier alpha value is -2.57. The Balaban J connectivity index is 1.79. The van der Waals surface area contributed by atoms with Gasteiger partial charge in [0.05, 0.1) is 5.92 Å². The van der Waals surface area contributed by atoms with E-state index in [0.29, 0.717) is 26.1 Å². The lowest BCUT2D eigenvalue weighted by Gasteiger charge is -2.32. The van der Waals surface area contributed by atoms with Gasteiger partial charge in [-0.3, -0.25) is 9.59 Å². The maximum atomic E-state index is 12.3. The molecule has 130 valence electrons. The Kier molecular flexibility index (Phi) is 6.60. The van der Waals surface area contributed by atoms with Gasteiger partial charge in [0.15, 0.2) is 0 Å². The van der Waals surface area contributed by atoms with Crippen LogP contribution < -0.4 is 10.6 Å². The van der Waals surface area contributed by atoms with Crippen molar-refractivity contribution < 1.29 is 19.5 Å². The summed E-state index contributed by atoms with van der Waals surface area (Å²) in [7, 11) is 0. The molecule has 3 amide bonds. The van der Waals surface area contributed by atoms with E-state index in [1.54, 1.807) is 4.90 Å². The Bertz CT molecular complexity index is 576. The van der Waals surface area contributed by atoms with Crippen molar-refractivity contribution in [2.75, 3.05) is 25.0 Å². The maximum Gasteiger partial charge on any atom is 0.321 e. The van der Waals surface area contributed by atoms with Gasteiger partial charge in [0.25, 0.3) is 0 Å². The second-order valence-corrected chi connectivity index (χ2v) is 5.87. The second-order valence-electron chi connectivity index (χ2n) is 5.87.